The molecular weight excluding hydrogens is 457 g/mol. The second kappa shape index (κ2) is 9.84. The van der Waals surface area contributed by atoms with Crippen LogP contribution in [0.15, 0.2) is 42.0 Å². The van der Waals surface area contributed by atoms with Gasteiger partial charge >= 0.3 is 0 Å². The van der Waals surface area contributed by atoms with Crippen molar-refractivity contribution in [3.8, 4) is 11.1 Å². The first-order valence-corrected chi connectivity index (χ1v) is 12.9. The maximum absolute atomic E-state index is 15.1. The molecule has 5 N–H and O–H groups in total. The SMILES string of the molecule is CCCNC(=O)C1=C(N)c2cccc(-c3cc(CN4CCC5(CC4)CN(C)C5)ccc3F)c2NC1O. The van der Waals surface area contributed by atoms with Crippen molar-refractivity contribution in [1.82, 2.24) is 15.1 Å². The Balaban J connectivity index is 1.39. The highest BCUT2D eigenvalue weighted by Crippen LogP contribution is 2.41. The van der Waals surface area contributed by atoms with Crippen molar-refractivity contribution in [3.63, 3.8) is 0 Å². The number of anilines is 1. The Morgan fingerprint density at radius 1 is 1.19 bits per heavy atom. The van der Waals surface area contributed by atoms with Crippen LogP contribution in [0.2, 0.25) is 0 Å². The third-order valence-electron chi connectivity index (χ3n) is 7.83. The first-order chi connectivity index (χ1) is 17.3. The lowest BCUT2D eigenvalue weighted by Crippen LogP contribution is -2.58. The Kier molecular flexibility index (Phi) is 6.76. The lowest BCUT2D eigenvalue weighted by atomic mass is 9.72. The lowest BCUT2D eigenvalue weighted by molar-refractivity contribution is -0.118. The molecule has 1 amide bonds. The number of likely N-dealkylation sites (tertiary alicyclic amines) is 2. The summed E-state index contributed by atoms with van der Waals surface area (Å²) in [4.78, 5) is 17.4. The Morgan fingerprint density at radius 3 is 2.61 bits per heavy atom. The topological polar surface area (TPSA) is 93.9 Å². The van der Waals surface area contributed by atoms with E-state index >= 15 is 4.39 Å². The van der Waals surface area contributed by atoms with Crippen LogP contribution in [-0.2, 0) is 11.3 Å². The van der Waals surface area contributed by atoms with Crippen molar-refractivity contribution in [1.29, 1.82) is 0 Å². The van der Waals surface area contributed by atoms with Crippen LogP contribution in [0.5, 0.6) is 0 Å². The zero-order chi connectivity index (χ0) is 25.4. The van der Waals surface area contributed by atoms with Crippen LogP contribution in [0.4, 0.5) is 10.1 Å². The molecule has 7 nitrogen and oxygen atoms in total. The summed E-state index contributed by atoms with van der Waals surface area (Å²) in [6, 6.07) is 10.6. The van der Waals surface area contributed by atoms with Crippen LogP contribution in [0.1, 0.15) is 37.3 Å². The summed E-state index contributed by atoms with van der Waals surface area (Å²) in [7, 11) is 2.18. The molecule has 2 saturated heterocycles. The third-order valence-corrected chi connectivity index (χ3v) is 7.83. The molecular formula is C28H36FN5O2. The van der Waals surface area contributed by atoms with Crippen LogP contribution in [0.3, 0.4) is 0 Å². The van der Waals surface area contributed by atoms with Gasteiger partial charge in [0.25, 0.3) is 5.91 Å². The molecule has 3 aliphatic rings. The van der Waals surface area contributed by atoms with E-state index in [1.165, 1.54) is 32.0 Å². The summed E-state index contributed by atoms with van der Waals surface area (Å²) in [5.41, 5.74) is 10.3. The predicted octanol–water partition coefficient (Wildman–Crippen LogP) is 2.96. The number of piperidine rings is 1. The first-order valence-electron chi connectivity index (χ1n) is 12.9. The standard InChI is InChI=1S/C28H36FN5O2/c1-3-11-31-26(35)23-24(30)20-6-4-5-19(25(20)32-27(23)36)21-14-18(7-8-22(21)29)15-34-12-9-28(10-13-34)16-33(2)17-28/h4-8,14,27,32,36H,3,9-13,15-17,30H2,1-2H3,(H,31,35). The first kappa shape index (κ1) is 24.7. The number of nitrogens with two attached hydrogens (primary N) is 1. The minimum absolute atomic E-state index is 0.0860. The summed E-state index contributed by atoms with van der Waals surface area (Å²) in [5, 5.41) is 16.5. The summed E-state index contributed by atoms with van der Waals surface area (Å²) in [6.07, 6.45) is 1.90. The van der Waals surface area contributed by atoms with Gasteiger partial charge in [-0.15, -0.1) is 0 Å². The van der Waals surface area contributed by atoms with Crippen LogP contribution in [0, 0.1) is 11.2 Å². The van der Waals surface area contributed by atoms with Crippen molar-refractivity contribution in [2.45, 2.75) is 39.0 Å². The Hall–Kier alpha value is -2.94. The van der Waals surface area contributed by atoms with Crippen LogP contribution >= 0.6 is 0 Å². The molecule has 2 aromatic carbocycles. The molecule has 0 radical (unpaired) electrons. The fourth-order valence-corrected chi connectivity index (χ4v) is 5.97. The molecule has 0 aromatic heterocycles. The van der Waals surface area contributed by atoms with Crippen molar-refractivity contribution in [2.24, 2.45) is 11.1 Å². The smallest absolute Gasteiger partial charge is 0.253 e. The number of carbonyl (C=O) groups excluding carboxylic acids is 1. The number of fused-ring (bicyclic) bond motifs is 1. The molecule has 1 spiro atoms. The maximum atomic E-state index is 15.1. The number of aliphatic hydroxyl groups excluding tert-OH is 1. The van der Waals surface area contributed by atoms with E-state index in [1.807, 2.05) is 25.1 Å². The molecule has 192 valence electrons. The van der Waals surface area contributed by atoms with Gasteiger partial charge < -0.3 is 26.4 Å². The highest BCUT2D eigenvalue weighted by Gasteiger charge is 2.42. The average Bonchev–Trinajstić information content (AvgIpc) is 2.84. The van der Waals surface area contributed by atoms with E-state index in [2.05, 4.69) is 27.5 Å². The number of nitrogens with one attached hydrogen (secondary N) is 2. The van der Waals surface area contributed by atoms with Crippen LogP contribution in [-0.4, -0.2) is 66.8 Å². The summed E-state index contributed by atoms with van der Waals surface area (Å²) in [5.74, 6) is -0.747. The number of amides is 1. The van der Waals surface area contributed by atoms with E-state index in [-0.39, 0.29) is 17.1 Å². The molecule has 2 fully saturated rings. The van der Waals surface area contributed by atoms with Crippen LogP contribution in [0.25, 0.3) is 16.8 Å². The molecule has 1 atom stereocenters. The minimum atomic E-state index is -1.28. The Labute approximate surface area is 212 Å². The van der Waals surface area contributed by atoms with Gasteiger partial charge in [-0.3, -0.25) is 9.69 Å². The van der Waals surface area contributed by atoms with Gasteiger partial charge in [-0.25, -0.2) is 4.39 Å². The van der Waals surface area contributed by atoms with Gasteiger partial charge in [-0.05, 0) is 62.5 Å². The van der Waals surface area contributed by atoms with E-state index in [1.54, 1.807) is 12.1 Å². The van der Waals surface area contributed by atoms with E-state index in [9.17, 15) is 9.90 Å². The normalized spacial score (nSPS) is 21.6. The zero-order valence-electron chi connectivity index (χ0n) is 21.1. The molecule has 3 heterocycles. The van der Waals surface area contributed by atoms with Gasteiger partial charge in [0.15, 0.2) is 6.23 Å². The third kappa shape index (κ3) is 4.61. The average molecular weight is 494 g/mol. The number of para-hydroxylation sites is 1. The zero-order valence-corrected chi connectivity index (χ0v) is 21.1. The van der Waals surface area contributed by atoms with E-state index in [0.717, 1.165) is 31.6 Å². The van der Waals surface area contributed by atoms with Crippen LogP contribution < -0.4 is 16.4 Å². The molecule has 0 bridgehead atoms. The van der Waals surface area contributed by atoms with Gasteiger partial charge in [0.2, 0.25) is 0 Å². The van der Waals surface area contributed by atoms with Crippen molar-refractivity contribution >= 4 is 17.3 Å². The number of rotatable bonds is 6. The lowest BCUT2D eigenvalue weighted by Gasteiger charge is -2.53. The molecule has 36 heavy (non-hydrogen) atoms. The summed E-state index contributed by atoms with van der Waals surface area (Å²) in [6.45, 7) is 7.71. The second-order valence-corrected chi connectivity index (χ2v) is 10.6. The second-order valence-electron chi connectivity index (χ2n) is 10.6. The Bertz CT molecular complexity index is 1180. The van der Waals surface area contributed by atoms with E-state index < -0.39 is 12.1 Å². The number of halogens is 1. The molecule has 2 aromatic rings. The number of nitrogens with zero attached hydrogens (tertiary/aromatic N) is 2. The Morgan fingerprint density at radius 2 is 1.92 bits per heavy atom. The number of hydrogen-bond acceptors (Lipinski definition) is 6. The predicted molar refractivity (Wildman–Crippen MR) is 140 cm³/mol. The van der Waals surface area contributed by atoms with E-state index in [4.69, 9.17) is 5.73 Å². The van der Waals surface area contributed by atoms with Gasteiger partial charge in [0, 0.05) is 42.9 Å². The van der Waals surface area contributed by atoms with Gasteiger partial charge in [0.1, 0.15) is 5.82 Å². The monoisotopic (exact) mass is 493 g/mol. The highest BCUT2D eigenvalue weighted by molar-refractivity contribution is 6.06. The summed E-state index contributed by atoms with van der Waals surface area (Å²) < 4.78 is 15.1. The maximum Gasteiger partial charge on any atom is 0.253 e. The van der Waals surface area contributed by atoms with Gasteiger partial charge in [0.05, 0.1) is 17.0 Å². The number of benzene rings is 2. The minimum Gasteiger partial charge on any atom is -0.398 e. The van der Waals surface area contributed by atoms with Gasteiger partial charge in [-0.1, -0.05) is 31.2 Å². The van der Waals surface area contributed by atoms with Crippen molar-refractivity contribution in [2.75, 3.05) is 45.1 Å². The largest absolute Gasteiger partial charge is 0.398 e. The number of hydrogen-bond donors (Lipinski definition) is 4. The van der Waals surface area contributed by atoms with Gasteiger partial charge in [-0.2, -0.15) is 0 Å². The van der Waals surface area contributed by atoms with Crippen molar-refractivity contribution in [3.05, 3.63) is 58.9 Å². The number of aliphatic hydroxyl groups is 1. The van der Waals surface area contributed by atoms with E-state index in [0.29, 0.717) is 34.3 Å². The fourth-order valence-electron chi connectivity index (χ4n) is 5.97. The highest BCUT2D eigenvalue weighted by atomic mass is 19.1. The fraction of sp³-hybridized carbons (Fsp3) is 0.464. The quantitative estimate of drug-likeness (QED) is 0.495. The molecule has 3 aliphatic heterocycles. The van der Waals surface area contributed by atoms with Crippen molar-refractivity contribution < 1.29 is 14.3 Å². The molecule has 1 unspecified atom stereocenters. The molecule has 5 rings (SSSR count). The molecule has 0 saturated carbocycles. The molecule has 8 heteroatoms. The summed E-state index contributed by atoms with van der Waals surface area (Å²) >= 11 is 0. The number of carbonyl (C=O) groups is 1. The molecule has 0 aliphatic carbocycles.